The van der Waals surface area contributed by atoms with Gasteiger partial charge in [0.25, 0.3) is 5.69 Å². The van der Waals surface area contributed by atoms with Crippen LogP contribution in [0.2, 0.25) is 0 Å². The lowest BCUT2D eigenvalue weighted by Crippen LogP contribution is -2.26. The Morgan fingerprint density at radius 2 is 2.16 bits per heavy atom. The van der Waals surface area contributed by atoms with Crippen molar-refractivity contribution in [1.29, 1.82) is 0 Å². The zero-order valence-corrected chi connectivity index (χ0v) is 10.7. The first-order valence-electron chi connectivity index (χ1n) is 6.28. The monoisotopic (exact) mass is 267 g/mol. The van der Waals surface area contributed by atoms with Crippen LogP contribution in [0.25, 0.3) is 0 Å². The third kappa shape index (κ3) is 3.42. The van der Waals surface area contributed by atoms with E-state index < -0.39 is 11.0 Å². The average Bonchev–Trinajstić information content (AvgIpc) is 2.39. The van der Waals surface area contributed by atoms with Crippen LogP contribution in [0.5, 0.6) is 5.75 Å². The Kier molecular flexibility index (Phi) is 4.34. The molecule has 19 heavy (non-hydrogen) atoms. The minimum absolute atomic E-state index is 0.0349. The van der Waals surface area contributed by atoms with E-state index in [1.165, 1.54) is 12.1 Å². The summed E-state index contributed by atoms with van der Waals surface area (Å²) in [7, 11) is 0. The molecule has 1 aliphatic rings. The summed E-state index contributed by atoms with van der Waals surface area (Å²) in [6.07, 6.45) is 0.800. The van der Waals surface area contributed by atoms with Crippen molar-refractivity contribution in [3.63, 3.8) is 0 Å². The fraction of sp³-hybridized carbons (Fsp3) is 0.538. The van der Waals surface area contributed by atoms with Crippen LogP contribution in [0.15, 0.2) is 18.2 Å². The zero-order valence-electron chi connectivity index (χ0n) is 10.7. The number of hydrogen-bond acceptors (Lipinski definition) is 5. The number of aliphatic hydroxyl groups is 1. The topological polar surface area (TPSA) is 81.8 Å². The number of aliphatic hydroxyl groups excluding tert-OH is 1. The lowest BCUT2D eigenvalue weighted by molar-refractivity contribution is -0.385. The van der Waals surface area contributed by atoms with Crippen LogP contribution in [-0.2, 0) is 4.74 Å². The number of non-ortho nitro benzene ring substituents is 1. The van der Waals surface area contributed by atoms with Crippen molar-refractivity contribution in [2.75, 3.05) is 13.2 Å². The van der Waals surface area contributed by atoms with Crippen molar-refractivity contribution < 1.29 is 19.5 Å². The number of rotatable bonds is 4. The highest BCUT2D eigenvalue weighted by molar-refractivity contribution is 5.44. The van der Waals surface area contributed by atoms with E-state index in [1.807, 2.05) is 0 Å². The fourth-order valence-corrected chi connectivity index (χ4v) is 2.06. The smallest absolute Gasteiger partial charge is 0.270 e. The van der Waals surface area contributed by atoms with Crippen LogP contribution in [-0.4, -0.2) is 29.3 Å². The quantitative estimate of drug-likeness (QED) is 0.668. The van der Waals surface area contributed by atoms with E-state index in [9.17, 15) is 15.2 Å². The molecule has 0 aliphatic carbocycles. The minimum Gasteiger partial charge on any atom is -0.490 e. The summed E-state index contributed by atoms with van der Waals surface area (Å²) in [6, 6.07) is 4.30. The van der Waals surface area contributed by atoms with Crippen LogP contribution < -0.4 is 4.74 Å². The lowest BCUT2D eigenvalue weighted by atomic mass is 10.1. The Bertz CT molecular complexity index is 454. The van der Waals surface area contributed by atoms with E-state index >= 15 is 0 Å². The van der Waals surface area contributed by atoms with Gasteiger partial charge < -0.3 is 14.6 Å². The van der Waals surface area contributed by atoms with E-state index in [2.05, 4.69) is 0 Å². The van der Waals surface area contributed by atoms with Gasteiger partial charge in [0.2, 0.25) is 0 Å². The Hall–Kier alpha value is -1.66. The first-order valence-corrected chi connectivity index (χ1v) is 6.28. The van der Waals surface area contributed by atoms with Crippen molar-refractivity contribution in [2.24, 2.45) is 0 Å². The van der Waals surface area contributed by atoms with Gasteiger partial charge in [-0.25, -0.2) is 0 Å². The van der Waals surface area contributed by atoms with Crippen molar-refractivity contribution in [3.05, 3.63) is 33.9 Å². The van der Waals surface area contributed by atoms with E-state index in [0.29, 0.717) is 24.5 Å². The third-order valence-corrected chi connectivity index (χ3v) is 3.12. The van der Waals surface area contributed by atoms with Gasteiger partial charge in [-0.1, -0.05) is 0 Å². The molecule has 1 fully saturated rings. The van der Waals surface area contributed by atoms with Crippen molar-refractivity contribution in [1.82, 2.24) is 0 Å². The van der Waals surface area contributed by atoms with Crippen molar-refractivity contribution in [3.8, 4) is 5.75 Å². The summed E-state index contributed by atoms with van der Waals surface area (Å²) in [5.74, 6) is 0.507. The number of nitro benzene ring substituents is 1. The largest absolute Gasteiger partial charge is 0.490 e. The van der Waals surface area contributed by atoms with Gasteiger partial charge in [-0.05, 0) is 13.0 Å². The highest BCUT2D eigenvalue weighted by Gasteiger charge is 2.20. The maximum absolute atomic E-state index is 10.7. The molecule has 0 saturated carbocycles. The molecular weight excluding hydrogens is 250 g/mol. The summed E-state index contributed by atoms with van der Waals surface area (Å²) in [6.45, 7) is 2.87. The first-order chi connectivity index (χ1) is 9.08. The molecule has 2 rings (SSSR count). The molecule has 1 aromatic rings. The standard InChI is InChI=1S/C13H17NO5/c1-9(15)12-8-10(14(16)17)2-3-13(12)19-11-4-6-18-7-5-11/h2-3,8-9,11,15H,4-7H2,1H3/t9-/m0/s1. The molecule has 0 spiro atoms. The fourth-order valence-electron chi connectivity index (χ4n) is 2.06. The number of nitro groups is 1. The second-order valence-corrected chi connectivity index (χ2v) is 4.58. The van der Waals surface area contributed by atoms with Crippen LogP contribution in [0, 0.1) is 10.1 Å². The summed E-state index contributed by atoms with van der Waals surface area (Å²) in [4.78, 5) is 10.3. The Labute approximate surface area is 111 Å². The highest BCUT2D eigenvalue weighted by atomic mass is 16.6. The predicted molar refractivity (Wildman–Crippen MR) is 68.2 cm³/mol. The molecule has 1 saturated heterocycles. The van der Waals surface area contributed by atoms with Gasteiger partial charge in [0.05, 0.1) is 24.2 Å². The molecule has 0 radical (unpaired) electrons. The van der Waals surface area contributed by atoms with Gasteiger partial charge >= 0.3 is 0 Å². The summed E-state index contributed by atoms with van der Waals surface area (Å²) in [5, 5.41) is 20.5. The van der Waals surface area contributed by atoms with Gasteiger partial charge in [-0.15, -0.1) is 0 Å². The minimum atomic E-state index is -0.810. The van der Waals surface area contributed by atoms with Gasteiger partial charge in [0, 0.05) is 30.5 Å². The van der Waals surface area contributed by atoms with Gasteiger partial charge in [0.15, 0.2) is 0 Å². The van der Waals surface area contributed by atoms with E-state index in [1.54, 1.807) is 13.0 Å². The van der Waals surface area contributed by atoms with Crippen LogP contribution in [0.3, 0.4) is 0 Å². The molecule has 0 amide bonds. The maximum Gasteiger partial charge on any atom is 0.270 e. The molecule has 6 nitrogen and oxygen atoms in total. The molecular formula is C13H17NO5. The SMILES string of the molecule is C[C@H](O)c1cc([N+](=O)[O-])ccc1OC1CCOCC1. The zero-order chi connectivity index (χ0) is 13.8. The third-order valence-electron chi connectivity index (χ3n) is 3.12. The highest BCUT2D eigenvalue weighted by Crippen LogP contribution is 2.31. The second kappa shape index (κ2) is 5.99. The van der Waals surface area contributed by atoms with E-state index in [0.717, 1.165) is 12.8 Å². The number of benzene rings is 1. The van der Waals surface area contributed by atoms with Gasteiger partial charge in [0.1, 0.15) is 11.9 Å². The predicted octanol–water partition coefficient (Wildman–Crippen LogP) is 2.21. The molecule has 0 bridgehead atoms. The second-order valence-electron chi connectivity index (χ2n) is 4.58. The maximum atomic E-state index is 10.7. The molecule has 1 heterocycles. The van der Waals surface area contributed by atoms with Crippen LogP contribution in [0.1, 0.15) is 31.4 Å². The van der Waals surface area contributed by atoms with Crippen LogP contribution >= 0.6 is 0 Å². The van der Waals surface area contributed by atoms with E-state index in [4.69, 9.17) is 9.47 Å². The average molecular weight is 267 g/mol. The summed E-state index contributed by atoms with van der Waals surface area (Å²) < 4.78 is 11.1. The number of ether oxygens (including phenoxy) is 2. The molecule has 0 unspecified atom stereocenters. The molecule has 1 N–H and O–H groups in total. The molecule has 0 aromatic heterocycles. The Balaban J connectivity index is 2.20. The summed E-state index contributed by atoms with van der Waals surface area (Å²) >= 11 is 0. The normalized spacial score (nSPS) is 18.0. The number of nitrogens with zero attached hydrogens (tertiary/aromatic N) is 1. The summed E-state index contributed by atoms with van der Waals surface area (Å²) in [5.41, 5.74) is 0.399. The first kappa shape index (κ1) is 13.8. The molecule has 104 valence electrons. The number of hydrogen-bond donors (Lipinski definition) is 1. The molecule has 1 aliphatic heterocycles. The van der Waals surface area contributed by atoms with Gasteiger partial charge in [-0.2, -0.15) is 0 Å². The van der Waals surface area contributed by atoms with Gasteiger partial charge in [-0.3, -0.25) is 10.1 Å². The molecule has 6 heteroatoms. The Morgan fingerprint density at radius 1 is 1.47 bits per heavy atom. The molecule has 1 atom stereocenters. The van der Waals surface area contributed by atoms with Crippen LogP contribution in [0.4, 0.5) is 5.69 Å². The Morgan fingerprint density at radius 3 is 2.74 bits per heavy atom. The van der Waals surface area contributed by atoms with E-state index in [-0.39, 0.29) is 11.8 Å². The lowest BCUT2D eigenvalue weighted by Gasteiger charge is -2.25. The molecule has 1 aromatic carbocycles. The van der Waals surface area contributed by atoms with Crippen molar-refractivity contribution in [2.45, 2.75) is 32.0 Å². The van der Waals surface area contributed by atoms with Crippen molar-refractivity contribution >= 4 is 5.69 Å².